The number of amides is 1. The second kappa shape index (κ2) is 8.09. The van der Waals surface area contributed by atoms with Gasteiger partial charge in [-0.15, -0.1) is 0 Å². The molecule has 0 spiro atoms. The van der Waals surface area contributed by atoms with Crippen LogP contribution in [0.2, 0.25) is 0 Å². The molecule has 0 bridgehead atoms. The summed E-state index contributed by atoms with van der Waals surface area (Å²) in [5.74, 6) is 0.337. The van der Waals surface area contributed by atoms with Crippen molar-refractivity contribution >= 4 is 11.8 Å². The smallest absolute Gasteiger partial charge is 0.232 e. The largest absolute Gasteiger partial charge is 0.353 e. The molecule has 1 amide bonds. The Morgan fingerprint density at radius 1 is 1.27 bits per heavy atom. The van der Waals surface area contributed by atoms with Crippen molar-refractivity contribution in [2.24, 2.45) is 5.41 Å². The predicted octanol–water partition coefficient (Wildman–Crippen LogP) is 4.40. The highest BCUT2D eigenvalue weighted by molar-refractivity contribution is 5.93. The molecule has 1 atom stereocenters. The zero-order valence-electron chi connectivity index (χ0n) is 16.3. The Morgan fingerprint density at radius 2 is 2.04 bits per heavy atom. The number of hydrogen-bond donors (Lipinski definition) is 1. The Morgan fingerprint density at radius 3 is 2.69 bits per heavy atom. The van der Waals surface area contributed by atoms with E-state index >= 15 is 0 Å². The van der Waals surface area contributed by atoms with Crippen LogP contribution in [-0.2, 0) is 19.7 Å². The lowest BCUT2D eigenvalue weighted by molar-refractivity contribution is -0.174. The van der Waals surface area contributed by atoms with Gasteiger partial charge in [-0.25, -0.2) is 0 Å². The Bertz CT molecular complexity index is 593. The molecule has 6 heteroatoms. The van der Waals surface area contributed by atoms with Crippen molar-refractivity contribution in [3.8, 4) is 0 Å². The first-order valence-corrected chi connectivity index (χ1v) is 9.91. The van der Waals surface area contributed by atoms with Gasteiger partial charge in [0.2, 0.25) is 11.8 Å². The van der Waals surface area contributed by atoms with Crippen LogP contribution in [-0.4, -0.2) is 30.6 Å². The molecule has 146 valence electrons. The predicted molar refractivity (Wildman–Crippen MR) is 98.9 cm³/mol. The normalized spacial score (nSPS) is 23.6. The Hall–Kier alpha value is -1.40. The second-order valence-electron chi connectivity index (χ2n) is 8.73. The molecule has 0 aromatic carbocycles. The van der Waals surface area contributed by atoms with Crippen LogP contribution >= 0.6 is 0 Å². The lowest BCUT2D eigenvalue weighted by Crippen LogP contribution is -2.37. The van der Waals surface area contributed by atoms with Crippen LogP contribution < -0.4 is 5.32 Å². The van der Waals surface area contributed by atoms with Gasteiger partial charge in [-0.3, -0.25) is 10.1 Å². The van der Waals surface area contributed by atoms with Crippen LogP contribution in [0, 0.1) is 5.41 Å². The summed E-state index contributed by atoms with van der Waals surface area (Å²) in [5, 5.41) is 7.13. The van der Waals surface area contributed by atoms with Gasteiger partial charge in [0.05, 0.1) is 12.3 Å². The fourth-order valence-corrected chi connectivity index (χ4v) is 3.68. The highest BCUT2D eigenvalue weighted by Crippen LogP contribution is 2.40. The second-order valence-corrected chi connectivity index (χ2v) is 8.73. The van der Waals surface area contributed by atoms with Crippen LogP contribution in [0.25, 0.3) is 0 Å². The van der Waals surface area contributed by atoms with Gasteiger partial charge in [-0.1, -0.05) is 45.2 Å². The molecular formula is C20H32N2O4. The van der Waals surface area contributed by atoms with E-state index in [2.05, 4.69) is 10.5 Å². The molecule has 1 aliphatic heterocycles. The number of carbonyl (C=O) groups excluding carboxylic acids is 1. The molecule has 1 aromatic heterocycles. The molecule has 0 radical (unpaired) electrons. The summed E-state index contributed by atoms with van der Waals surface area (Å²) in [6.07, 6.45) is 8.74. The van der Waals surface area contributed by atoms with Crippen molar-refractivity contribution in [1.29, 1.82) is 0 Å². The minimum absolute atomic E-state index is 0.0789. The Balaban J connectivity index is 1.70. The van der Waals surface area contributed by atoms with E-state index in [4.69, 9.17) is 14.0 Å². The molecule has 1 saturated carbocycles. The molecule has 1 aromatic rings. The number of hydrogen-bond acceptors (Lipinski definition) is 5. The van der Waals surface area contributed by atoms with E-state index in [1.165, 1.54) is 6.42 Å². The minimum atomic E-state index is -0.475. The SMILES string of the molecule is CC(C)(C)C(=O)Nc1cc(C2(COC3CCCCO3)CCCCC2)no1. The van der Waals surface area contributed by atoms with Gasteiger partial charge in [0.25, 0.3) is 0 Å². The average molecular weight is 364 g/mol. The quantitative estimate of drug-likeness (QED) is 0.838. The van der Waals surface area contributed by atoms with E-state index in [0.717, 1.165) is 57.2 Å². The topological polar surface area (TPSA) is 73.6 Å². The Labute approximate surface area is 156 Å². The third-order valence-corrected chi connectivity index (χ3v) is 5.47. The van der Waals surface area contributed by atoms with Gasteiger partial charge in [-0.2, -0.15) is 0 Å². The molecule has 2 heterocycles. The molecule has 26 heavy (non-hydrogen) atoms. The first-order chi connectivity index (χ1) is 12.4. The lowest BCUT2D eigenvalue weighted by atomic mass is 9.72. The highest BCUT2D eigenvalue weighted by Gasteiger charge is 2.38. The molecular weight excluding hydrogens is 332 g/mol. The van der Waals surface area contributed by atoms with Crippen LogP contribution in [0.5, 0.6) is 0 Å². The maximum absolute atomic E-state index is 12.2. The fraction of sp³-hybridized carbons (Fsp3) is 0.800. The van der Waals surface area contributed by atoms with Gasteiger partial charge in [-0.05, 0) is 32.1 Å². The zero-order chi connectivity index (χ0) is 18.6. The van der Waals surface area contributed by atoms with Crippen molar-refractivity contribution < 1.29 is 18.8 Å². The summed E-state index contributed by atoms with van der Waals surface area (Å²) < 4.78 is 17.3. The first kappa shape index (κ1) is 19.4. The third-order valence-electron chi connectivity index (χ3n) is 5.47. The lowest BCUT2D eigenvalue weighted by Gasteiger charge is -2.36. The van der Waals surface area contributed by atoms with Crippen LogP contribution in [0.15, 0.2) is 10.6 Å². The van der Waals surface area contributed by atoms with Gasteiger partial charge < -0.3 is 14.0 Å². The summed E-state index contributed by atoms with van der Waals surface area (Å²) in [4.78, 5) is 12.2. The molecule has 1 unspecified atom stereocenters. The summed E-state index contributed by atoms with van der Waals surface area (Å²) in [7, 11) is 0. The van der Waals surface area contributed by atoms with Gasteiger partial charge in [0.1, 0.15) is 0 Å². The number of nitrogens with one attached hydrogen (secondary N) is 1. The van der Waals surface area contributed by atoms with E-state index in [0.29, 0.717) is 12.5 Å². The van der Waals surface area contributed by atoms with Crippen LogP contribution in [0.3, 0.4) is 0 Å². The van der Waals surface area contributed by atoms with Crippen molar-refractivity contribution in [3.63, 3.8) is 0 Å². The number of carbonyl (C=O) groups is 1. The maximum Gasteiger partial charge on any atom is 0.232 e. The number of nitrogens with zero attached hydrogens (tertiary/aromatic N) is 1. The monoisotopic (exact) mass is 364 g/mol. The van der Waals surface area contributed by atoms with Crippen LogP contribution in [0.4, 0.5) is 5.88 Å². The fourth-order valence-electron chi connectivity index (χ4n) is 3.68. The first-order valence-electron chi connectivity index (χ1n) is 9.91. The summed E-state index contributed by atoms with van der Waals surface area (Å²) >= 11 is 0. The van der Waals surface area contributed by atoms with Crippen molar-refractivity contribution in [1.82, 2.24) is 5.16 Å². The molecule has 2 fully saturated rings. The third kappa shape index (κ3) is 4.65. The number of aromatic nitrogens is 1. The molecule has 6 nitrogen and oxygen atoms in total. The number of rotatable bonds is 5. The number of anilines is 1. The van der Waals surface area contributed by atoms with Crippen molar-refractivity contribution in [2.75, 3.05) is 18.5 Å². The van der Waals surface area contributed by atoms with Gasteiger partial charge >= 0.3 is 0 Å². The minimum Gasteiger partial charge on any atom is -0.353 e. The maximum atomic E-state index is 12.2. The van der Waals surface area contributed by atoms with E-state index in [1.807, 2.05) is 26.8 Å². The molecule has 1 aliphatic carbocycles. The summed E-state index contributed by atoms with van der Waals surface area (Å²) in [6.45, 7) is 7.00. The standard InChI is InChI=1S/C20H32N2O4/c1-19(2,3)18(23)21-16-13-15(22-26-16)20(10-6-4-7-11-20)14-25-17-9-5-8-12-24-17/h13,17H,4-12,14H2,1-3H3,(H,21,23). The summed E-state index contributed by atoms with van der Waals surface area (Å²) in [6, 6.07) is 1.88. The highest BCUT2D eigenvalue weighted by atomic mass is 16.7. The number of ether oxygens (including phenoxy) is 2. The van der Waals surface area contributed by atoms with Crippen molar-refractivity contribution in [3.05, 3.63) is 11.8 Å². The zero-order valence-corrected chi connectivity index (χ0v) is 16.3. The molecule has 1 N–H and O–H groups in total. The average Bonchev–Trinajstić information content (AvgIpc) is 3.10. The van der Waals surface area contributed by atoms with E-state index in [9.17, 15) is 4.79 Å². The van der Waals surface area contributed by atoms with Gasteiger partial charge in [0, 0.05) is 23.5 Å². The molecule has 1 saturated heterocycles. The molecule has 2 aliphatic rings. The summed E-state index contributed by atoms with van der Waals surface area (Å²) in [5.41, 5.74) is 0.265. The molecule has 3 rings (SSSR count). The van der Waals surface area contributed by atoms with Gasteiger partial charge in [0.15, 0.2) is 6.29 Å². The van der Waals surface area contributed by atoms with Crippen LogP contribution in [0.1, 0.15) is 77.8 Å². The van der Waals surface area contributed by atoms with Crippen molar-refractivity contribution in [2.45, 2.75) is 83.8 Å². The van der Waals surface area contributed by atoms with E-state index in [-0.39, 0.29) is 17.6 Å². The Kier molecular flexibility index (Phi) is 6.03. The van der Waals surface area contributed by atoms with E-state index in [1.54, 1.807) is 0 Å². The van der Waals surface area contributed by atoms with E-state index < -0.39 is 5.41 Å².